The van der Waals surface area contributed by atoms with Crippen molar-refractivity contribution in [3.8, 4) is 0 Å². The number of nitrogens with zero attached hydrogens (tertiary/aromatic N) is 1. The van der Waals surface area contributed by atoms with Crippen molar-refractivity contribution < 1.29 is 26.0 Å². The van der Waals surface area contributed by atoms with E-state index in [1.807, 2.05) is 22.6 Å². The SMILES string of the molecule is CC1(S(=O)(=O)n2ccc3cc(C(F)(F)F)cc(F)c32)C=CC(Br)=CC1I. The van der Waals surface area contributed by atoms with E-state index < -0.39 is 41.8 Å². The summed E-state index contributed by atoms with van der Waals surface area (Å²) < 4.78 is 79.0. The smallest absolute Gasteiger partial charge is 0.241 e. The second-order valence-corrected chi connectivity index (χ2v) is 10.5. The molecule has 140 valence electrons. The van der Waals surface area contributed by atoms with Gasteiger partial charge in [0.1, 0.15) is 10.6 Å². The zero-order valence-corrected chi connectivity index (χ0v) is 17.6. The summed E-state index contributed by atoms with van der Waals surface area (Å²) in [6, 6.07) is 2.21. The highest BCUT2D eigenvalue weighted by Gasteiger charge is 2.45. The van der Waals surface area contributed by atoms with Crippen molar-refractivity contribution in [3.63, 3.8) is 0 Å². The molecule has 0 saturated carbocycles. The molecule has 0 bridgehead atoms. The maximum absolute atomic E-state index is 14.4. The van der Waals surface area contributed by atoms with Gasteiger partial charge < -0.3 is 0 Å². The van der Waals surface area contributed by atoms with Crippen molar-refractivity contribution in [2.24, 2.45) is 0 Å². The van der Waals surface area contributed by atoms with Gasteiger partial charge in [0.2, 0.25) is 10.0 Å². The third-order valence-electron chi connectivity index (χ3n) is 4.27. The summed E-state index contributed by atoms with van der Waals surface area (Å²) >= 11 is 5.23. The summed E-state index contributed by atoms with van der Waals surface area (Å²) in [6.07, 6.45) is 1.12. The normalized spacial score (nSPS) is 24.1. The Hall–Kier alpha value is -0.880. The standard InChI is InChI=1S/C16H11BrF4INO2S/c1-15(4-2-11(17)8-13(15)22)26(24,25)23-5-3-9-6-10(16(19,20)21)7-12(18)14(9)23/h2-8,13H,1H3. The zero-order valence-electron chi connectivity index (χ0n) is 13.1. The molecule has 1 aliphatic carbocycles. The van der Waals surface area contributed by atoms with Crippen molar-refractivity contribution in [1.29, 1.82) is 0 Å². The van der Waals surface area contributed by atoms with E-state index in [4.69, 9.17) is 0 Å². The Morgan fingerprint density at radius 3 is 2.54 bits per heavy atom. The van der Waals surface area contributed by atoms with Crippen LogP contribution in [0.3, 0.4) is 0 Å². The van der Waals surface area contributed by atoms with Crippen LogP contribution in [0.15, 0.2) is 47.1 Å². The van der Waals surface area contributed by atoms with Gasteiger partial charge in [-0.15, -0.1) is 0 Å². The average molecular weight is 564 g/mol. The van der Waals surface area contributed by atoms with Crippen LogP contribution in [0.1, 0.15) is 12.5 Å². The van der Waals surface area contributed by atoms with Crippen LogP contribution in [0, 0.1) is 5.82 Å². The summed E-state index contributed by atoms with van der Waals surface area (Å²) in [5.74, 6) is -1.24. The van der Waals surface area contributed by atoms with E-state index >= 15 is 0 Å². The summed E-state index contributed by atoms with van der Waals surface area (Å²) in [4.78, 5) is 0. The summed E-state index contributed by atoms with van der Waals surface area (Å²) in [5, 5.41) is -0.133. The largest absolute Gasteiger partial charge is 0.416 e. The van der Waals surface area contributed by atoms with Gasteiger partial charge in [-0.1, -0.05) is 56.7 Å². The number of halogens is 6. The van der Waals surface area contributed by atoms with E-state index in [0.717, 1.165) is 22.3 Å². The van der Waals surface area contributed by atoms with Crippen LogP contribution >= 0.6 is 38.5 Å². The number of alkyl halides is 4. The lowest BCUT2D eigenvalue weighted by molar-refractivity contribution is -0.137. The highest BCUT2D eigenvalue weighted by Crippen LogP contribution is 2.39. The first-order valence-corrected chi connectivity index (χ1v) is 10.7. The number of allylic oxidation sites excluding steroid dienone is 3. The summed E-state index contributed by atoms with van der Waals surface area (Å²) in [6.45, 7) is 1.49. The first kappa shape index (κ1) is 19.9. The monoisotopic (exact) mass is 563 g/mol. The number of fused-ring (bicyclic) bond motifs is 1. The fraction of sp³-hybridized carbons (Fsp3) is 0.250. The molecule has 0 fully saturated rings. The molecule has 0 N–H and O–H groups in total. The van der Waals surface area contributed by atoms with E-state index in [0.29, 0.717) is 10.5 Å². The second-order valence-electron chi connectivity index (χ2n) is 5.98. The molecule has 0 saturated heterocycles. The lowest BCUT2D eigenvalue weighted by Crippen LogP contribution is -2.45. The van der Waals surface area contributed by atoms with Crippen LogP contribution in [0.25, 0.3) is 10.9 Å². The summed E-state index contributed by atoms with van der Waals surface area (Å²) in [5.41, 5.74) is -1.56. The van der Waals surface area contributed by atoms with Crippen molar-refractivity contribution >= 4 is 59.4 Å². The zero-order chi connectivity index (χ0) is 19.5. The predicted octanol–water partition coefficient (Wildman–Crippen LogP) is 5.39. The highest BCUT2D eigenvalue weighted by atomic mass is 127. The van der Waals surface area contributed by atoms with Crippen LogP contribution in [0.5, 0.6) is 0 Å². The number of aromatic nitrogens is 1. The molecule has 1 heterocycles. The lowest BCUT2D eigenvalue weighted by atomic mass is 10.0. The van der Waals surface area contributed by atoms with Crippen molar-refractivity contribution in [3.05, 3.63) is 58.5 Å². The fourth-order valence-corrected chi connectivity index (χ4v) is 6.82. The minimum absolute atomic E-state index is 0.133. The predicted molar refractivity (Wildman–Crippen MR) is 104 cm³/mol. The van der Waals surface area contributed by atoms with Crippen LogP contribution < -0.4 is 0 Å². The van der Waals surface area contributed by atoms with Crippen LogP contribution in [0.2, 0.25) is 0 Å². The molecule has 0 radical (unpaired) electrons. The van der Waals surface area contributed by atoms with Crippen LogP contribution in [-0.4, -0.2) is 21.1 Å². The molecule has 26 heavy (non-hydrogen) atoms. The van der Waals surface area contributed by atoms with Gasteiger partial charge in [-0.25, -0.2) is 16.8 Å². The number of hydrogen-bond donors (Lipinski definition) is 0. The van der Waals surface area contributed by atoms with Crippen LogP contribution in [0.4, 0.5) is 17.6 Å². The van der Waals surface area contributed by atoms with E-state index in [-0.39, 0.29) is 5.39 Å². The average Bonchev–Trinajstić information content (AvgIpc) is 2.95. The Morgan fingerprint density at radius 2 is 1.96 bits per heavy atom. The van der Waals surface area contributed by atoms with Crippen LogP contribution in [-0.2, 0) is 16.2 Å². The van der Waals surface area contributed by atoms with Gasteiger partial charge in [0, 0.05) is 16.1 Å². The quantitative estimate of drug-likeness (QED) is 0.279. The van der Waals surface area contributed by atoms with Gasteiger partial charge >= 0.3 is 6.18 Å². The van der Waals surface area contributed by atoms with E-state index in [1.54, 1.807) is 12.2 Å². The Morgan fingerprint density at radius 1 is 1.31 bits per heavy atom. The maximum atomic E-state index is 14.4. The molecule has 1 aliphatic rings. The molecule has 3 nitrogen and oxygen atoms in total. The fourth-order valence-electron chi connectivity index (χ4n) is 2.70. The van der Waals surface area contributed by atoms with Crippen molar-refractivity contribution in [1.82, 2.24) is 3.97 Å². The van der Waals surface area contributed by atoms with E-state index in [9.17, 15) is 26.0 Å². The molecule has 2 atom stereocenters. The van der Waals surface area contributed by atoms with Gasteiger partial charge in [0.05, 0.1) is 15.0 Å². The molecule has 0 spiro atoms. The Balaban J connectivity index is 2.22. The molecular formula is C16H11BrF4INO2S. The van der Waals surface area contributed by atoms with Crippen molar-refractivity contribution in [2.75, 3.05) is 0 Å². The van der Waals surface area contributed by atoms with Crippen molar-refractivity contribution in [2.45, 2.75) is 21.8 Å². The number of rotatable bonds is 2. The lowest BCUT2D eigenvalue weighted by Gasteiger charge is -2.32. The van der Waals surface area contributed by atoms with Gasteiger partial charge in [-0.3, -0.25) is 0 Å². The Labute approximate surface area is 169 Å². The number of hydrogen-bond acceptors (Lipinski definition) is 2. The molecular weight excluding hydrogens is 553 g/mol. The second kappa shape index (κ2) is 6.33. The molecule has 0 amide bonds. The molecule has 1 aromatic carbocycles. The third kappa shape index (κ3) is 3.03. The first-order chi connectivity index (χ1) is 11.9. The van der Waals surface area contributed by atoms with Gasteiger partial charge in [-0.2, -0.15) is 13.2 Å². The van der Waals surface area contributed by atoms with Gasteiger partial charge in [-0.05, 0) is 25.1 Å². The maximum Gasteiger partial charge on any atom is 0.416 e. The van der Waals surface area contributed by atoms with Gasteiger partial charge in [0.25, 0.3) is 0 Å². The minimum Gasteiger partial charge on any atom is -0.241 e. The third-order valence-corrected chi connectivity index (χ3v) is 9.20. The molecule has 1 aromatic heterocycles. The van der Waals surface area contributed by atoms with E-state index in [2.05, 4.69) is 15.9 Å². The topological polar surface area (TPSA) is 39.1 Å². The molecule has 2 unspecified atom stereocenters. The highest BCUT2D eigenvalue weighted by molar-refractivity contribution is 14.1. The van der Waals surface area contributed by atoms with Gasteiger partial charge in [0.15, 0.2) is 0 Å². The van der Waals surface area contributed by atoms with E-state index in [1.165, 1.54) is 13.0 Å². The summed E-state index contributed by atoms with van der Waals surface area (Å²) in [7, 11) is -4.15. The minimum atomic E-state index is -4.72. The molecule has 10 heteroatoms. The molecule has 3 rings (SSSR count). The number of benzene rings is 1. The Kier molecular flexibility index (Phi) is 4.84. The first-order valence-electron chi connectivity index (χ1n) is 7.21. The Bertz CT molecular complexity index is 1060. The molecule has 2 aromatic rings. The molecule has 0 aliphatic heterocycles.